The van der Waals surface area contributed by atoms with Crippen molar-refractivity contribution in [1.82, 2.24) is 5.32 Å². The van der Waals surface area contributed by atoms with Crippen molar-refractivity contribution in [2.45, 2.75) is 57.1 Å². The van der Waals surface area contributed by atoms with E-state index in [1.807, 2.05) is 0 Å². The average Bonchev–Trinajstić information content (AvgIpc) is 2.83. The first-order valence-corrected chi connectivity index (χ1v) is 6.88. The quantitative estimate of drug-likeness (QED) is 0.705. The molecule has 0 amide bonds. The fourth-order valence-corrected chi connectivity index (χ4v) is 2.58. The molecule has 0 aromatic carbocycles. The Morgan fingerprint density at radius 2 is 2.19 bits per heavy atom. The van der Waals surface area contributed by atoms with Crippen LogP contribution in [0.1, 0.15) is 44.9 Å². The van der Waals surface area contributed by atoms with Crippen LogP contribution < -0.4 is 5.32 Å². The van der Waals surface area contributed by atoms with Crippen molar-refractivity contribution in [1.29, 1.82) is 0 Å². The zero-order valence-corrected chi connectivity index (χ0v) is 10.2. The summed E-state index contributed by atoms with van der Waals surface area (Å²) in [5.41, 5.74) is 0. The molecule has 2 rings (SSSR count). The van der Waals surface area contributed by atoms with Gasteiger partial charge in [-0.1, -0.05) is 6.42 Å². The van der Waals surface area contributed by atoms with E-state index < -0.39 is 0 Å². The second-order valence-electron chi connectivity index (χ2n) is 5.00. The maximum atomic E-state index is 5.71. The van der Waals surface area contributed by atoms with Crippen LogP contribution in [-0.4, -0.2) is 38.5 Å². The summed E-state index contributed by atoms with van der Waals surface area (Å²) in [7, 11) is 0. The summed E-state index contributed by atoms with van der Waals surface area (Å²) in [6, 6.07) is 0.608. The number of hydrogen-bond acceptors (Lipinski definition) is 3. The molecule has 0 spiro atoms. The molecule has 0 aliphatic carbocycles. The van der Waals surface area contributed by atoms with Crippen LogP contribution in [0, 0.1) is 0 Å². The van der Waals surface area contributed by atoms with Crippen LogP contribution in [0.2, 0.25) is 0 Å². The van der Waals surface area contributed by atoms with E-state index in [0.29, 0.717) is 12.1 Å². The van der Waals surface area contributed by atoms with Gasteiger partial charge in [-0.2, -0.15) is 0 Å². The van der Waals surface area contributed by atoms with Gasteiger partial charge in [0.05, 0.1) is 12.7 Å². The summed E-state index contributed by atoms with van der Waals surface area (Å²) in [6.07, 6.45) is 9.33. The lowest BCUT2D eigenvalue weighted by Crippen LogP contribution is -2.37. The Bertz CT molecular complexity index is 175. The molecule has 2 saturated heterocycles. The number of nitrogens with one attached hydrogen (secondary N) is 1. The SMILES string of the molecule is C1CCC(COCCCC2CCCO2)NC1. The lowest BCUT2D eigenvalue weighted by Gasteiger charge is -2.23. The molecule has 2 aliphatic rings. The standard InChI is InChI=1S/C13H25NO2/c1-2-8-14-12(5-1)11-15-9-3-6-13-7-4-10-16-13/h12-14H,1-11H2. The van der Waals surface area contributed by atoms with Crippen molar-refractivity contribution in [3.8, 4) is 0 Å². The van der Waals surface area contributed by atoms with Gasteiger partial charge in [-0.25, -0.2) is 0 Å². The topological polar surface area (TPSA) is 30.5 Å². The second-order valence-corrected chi connectivity index (χ2v) is 5.00. The van der Waals surface area contributed by atoms with Crippen LogP contribution in [-0.2, 0) is 9.47 Å². The van der Waals surface area contributed by atoms with Gasteiger partial charge in [0.15, 0.2) is 0 Å². The van der Waals surface area contributed by atoms with E-state index in [-0.39, 0.29) is 0 Å². The first-order valence-electron chi connectivity index (χ1n) is 6.88. The number of piperidine rings is 1. The number of rotatable bonds is 6. The van der Waals surface area contributed by atoms with Crippen LogP contribution in [0.4, 0.5) is 0 Å². The summed E-state index contributed by atoms with van der Waals surface area (Å²) >= 11 is 0. The molecule has 2 unspecified atom stereocenters. The molecule has 1 N–H and O–H groups in total. The highest BCUT2D eigenvalue weighted by Gasteiger charge is 2.15. The van der Waals surface area contributed by atoms with Crippen LogP contribution >= 0.6 is 0 Å². The Morgan fingerprint density at radius 3 is 2.94 bits per heavy atom. The monoisotopic (exact) mass is 227 g/mol. The smallest absolute Gasteiger partial charge is 0.0619 e. The van der Waals surface area contributed by atoms with Crippen molar-refractivity contribution in [3.63, 3.8) is 0 Å². The Hall–Kier alpha value is -0.120. The third-order valence-corrected chi connectivity index (χ3v) is 3.57. The zero-order chi connectivity index (χ0) is 11.1. The zero-order valence-electron chi connectivity index (χ0n) is 10.2. The lowest BCUT2D eigenvalue weighted by molar-refractivity contribution is 0.0721. The number of ether oxygens (including phenoxy) is 2. The van der Waals surface area contributed by atoms with Crippen molar-refractivity contribution in [3.05, 3.63) is 0 Å². The normalized spacial score (nSPS) is 30.8. The van der Waals surface area contributed by atoms with Gasteiger partial charge >= 0.3 is 0 Å². The van der Waals surface area contributed by atoms with Crippen LogP contribution in [0.25, 0.3) is 0 Å². The average molecular weight is 227 g/mol. The molecule has 2 aliphatic heterocycles. The molecule has 0 radical (unpaired) electrons. The Balaban J connectivity index is 1.42. The third-order valence-electron chi connectivity index (χ3n) is 3.57. The van der Waals surface area contributed by atoms with Gasteiger partial charge in [0.2, 0.25) is 0 Å². The minimum absolute atomic E-state index is 0.524. The molecule has 0 bridgehead atoms. The molecule has 94 valence electrons. The predicted octanol–water partition coefficient (Wildman–Crippen LogP) is 2.10. The highest BCUT2D eigenvalue weighted by atomic mass is 16.5. The number of hydrogen-bond donors (Lipinski definition) is 1. The fraction of sp³-hybridized carbons (Fsp3) is 1.00. The Morgan fingerprint density at radius 1 is 1.19 bits per heavy atom. The summed E-state index contributed by atoms with van der Waals surface area (Å²) in [4.78, 5) is 0. The fourth-order valence-electron chi connectivity index (χ4n) is 2.58. The van der Waals surface area contributed by atoms with E-state index in [1.54, 1.807) is 0 Å². The summed E-state index contributed by atoms with van der Waals surface area (Å²) in [5, 5.41) is 3.50. The van der Waals surface area contributed by atoms with Crippen LogP contribution in [0.3, 0.4) is 0 Å². The highest BCUT2D eigenvalue weighted by molar-refractivity contribution is 4.71. The van der Waals surface area contributed by atoms with Gasteiger partial charge in [0.25, 0.3) is 0 Å². The van der Waals surface area contributed by atoms with E-state index in [9.17, 15) is 0 Å². The van der Waals surface area contributed by atoms with Gasteiger partial charge in [0.1, 0.15) is 0 Å². The second kappa shape index (κ2) is 7.25. The minimum Gasteiger partial charge on any atom is -0.380 e. The largest absolute Gasteiger partial charge is 0.380 e. The molecule has 2 atom stereocenters. The molecular formula is C13H25NO2. The molecule has 0 aromatic rings. The summed E-state index contributed by atoms with van der Waals surface area (Å²) < 4.78 is 11.3. The lowest BCUT2D eigenvalue weighted by atomic mass is 10.1. The Kier molecular flexibility index (Phi) is 5.59. The van der Waals surface area contributed by atoms with Gasteiger partial charge < -0.3 is 14.8 Å². The molecule has 0 aromatic heterocycles. The maximum Gasteiger partial charge on any atom is 0.0619 e. The van der Waals surface area contributed by atoms with E-state index in [1.165, 1.54) is 45.1 Å². The maximum absolute atomic E-state index is 5.71. The van der Waals surface area contributed by atoms with Crippen molar-refractivity contribution in [2.24, 2.45) is 0 Å². The molecular weight excluding hydrogens is 202 g/mol. The van der Waals surface area contributed by atoms with E-state index >= 15 is 0 Å². The van der Waals surface area contributed by atoms with Gasteiger partial charge in [-0.3, -0.25) is 0 Å². The Labute approximate surface area is 98.9 Å². The first-order chi connectivity index (χ1) is 7.95. The summed E-state index contributed by atoms with van der Waals surface area (Å²) in [5.74, 6) is 0. The molecule has 16 heavy (non-hydrogen) atoms. The van der Waals surface area contributed by atoms with Crippen molar-refractivity contribution >= 4 is 0 Å². The summed E-state index contributed by atoms with van der Waals surface area (Å²) in [6.45, 7) is 3.94. The molecule has 2 heterocycles. The molecule has 3 heteroatoms. The van der Waals surface area contributed by atoms with Crippen molar-refractivity contribution in [2.75, 3.05) is 26.4 Å². The van der Waals surface area contributed by atoms with Gasteiger partial charge in [0, 0.05) is 19.3 Å². The van der Waals surface area contributed by atoms with Crippen LogP contribution in [0.5, 0.6) is 0 Å². The van der Waals surface area contributed by atoms with Crippen molar-refractivity contribution < 1.29 is 9.47 Å². The molecule has 2 fully saturated rings. The molecule has 0 saturated carbocycles. The first kappa shape index (κ1) is 12.3. The highest BCUT2D eigenvalue weighted by Crippen LogP contribution is 2.16. The van der Waals surface area contributed by atoms with E-state index in [4.69, 9.17) is 9.47 Å². The van der Waals surface area contributed by atoms with E-state index in [0.717, 1.165) is 26.2 Å². The van der Waals surface area contributed by atoms with Gasteiger partial charge in [-0.15, -0.1) is 0 Å². The molecule has 3 nitrogen and oxygen atoms in total. The van der Waals surface area contributed by atoms with Crippen LogP contribution in [0.15, 0.2) is 0 Å². The van der Waals surface area contributed by atoms with E-state index in [2.05, 4.69) is 5.32 Å². The van der Waals surface area contributed by atoms with Gasteiger partial charge in [-0.05, 0) is 45.1 Å². The predicted molar refractivity (Wildman–Crippen MR) is 64.7 cm³/mol. The minimum atomic E-state index is 0.524. The third kappa shape index (κ3) is 4.40.